The van der Waals surface area contributed by atoms with Crippen molar-refractivity contribution in [2.75, 3.05) is 20.1 Å². The maximum atomic E-state index is 4.18. The third kappa shape index (κ3) is 7.27. The molecule has 2 aromatic rings. The predicted octanol–water partition coefficient (Wildman–Crippen LogP) is 4.97. The van der Waals surface area contributed by atoms with E-state index in [1.165, 1.54) is 55.5 Å². The van der Waals surface area contributed by atoms with Crippen molar-refractivity contribution in [2.24, 2.45) is 5.92 Å². The summed E-state index contributed by atoms with van der Waals surface area (Å²) in [5.74, 6) is 0.823. The fourth-order valence-corrected chi connectivity index (χ4v) is 3.00. The molecule has 0 saturated carbocycles. The van der Waals surface area contributed by atoms with E-state index < -0.39 is 0 Å². The third-order valence-electron chi connectivity index (χ3n) is 4.48. The van der Waals surface area contributed by atoms with E-state index in [9.17, 15) is 0 Å². The first kappa shape index (κ1) is 18.7. The van der Waals surface area contributed by atoms with Crippen LogP contribution in [0.5, 0.6) is 0 Å². The minimum atomic E-state index is 0.823. The van der Waals surface area contributed by atoms with E-state index in [-0.39, 0.29) is 0 Å². The number of aromatic nitrogens is 1. The number of benzene rings is 1. The molecule has 1 heterocycles. The van der Waals surface area contributed by atoms with E-state index in [0.29, 0.717) is 0 Å². The molecule has 2 nitrogen and oxygen atoms in total. The van der Waals surface area contributed by atoms with Crippen LogP contribution >= 0.6 is 0 Å². The molecule has 0 N–H and O–H groups in total. The number of hydrogen-bond acceptors (Lipinski definition) is 2. The van der Waals surface area contributed by atoms with E-state index in [4.69, 9.17) is 0 Å². The lowest BCUT2D eigenvalue weighted by Gasteiger charge is -2.17. The van der Waals surface area contributed by atoms with E-state index in [1.54, 1.807) is 0 Å². The molecule has 0 bridgehead atoms. The van der Waals surface area contributed by atoms with Crippen LogP contribution in [0.2, 0.25) is 0 Å². The molecule has 0 radical (unpaired) electrons. The smallest absolute Gasteiger partial charge is 0.0303 e. The van der Waals surface area contributed by atoms with Crippen LogP contribution in [-0.4, -0.2) is 30.0 Å². The molecular weight excluding hydrogens is 292 g/mol. The second-order valence-electron chi connectivity index (χ2n) is 7.30. The Balaban J connectivity index is 1.68. The highest BCUT2D eigenvalue weighted by Crippen LogP contribution is 2.12. The Morgan fingerprint density at radius 1 is 0.917 bits per heavy atom. The standard InChI is InChI=1S/C22H32N2/c1-19(2)7-5-15-24(3)16-6-9-20-10-12-21(13-11-20)17-22-8-4-14-23-18-22/h4,8,10-14,18-19H,5-7,9,15-17H2,1-3H3. The quantitative estimate of drug-likeness (QED) is 0.613. The van der Waals surface area contributed by atoms with Crippen molar-refractivity contribution >= 4 is 0 Å². The van der Waals surface area contributed by atoms with E-state index in [1.807, 2.05) is 18.5 Å². The third-order valence-corrected chi connectivity index (χ3v) is 4.48. The van der Waals surface area contributed by atoms with Crippen molar-refractivity contribution < 1.29 is 0 Å². The lowest BCUT2D eigenvalue weighted by molar-refractivity contribution is 0.314. The van der Waals surface area contributed by atoms with Crippen molar-refractivity contribution in [3.63, 3.8) is 0 Å². The van der Waals surface area contributed by atoms with Crippen LogP contribution in [0.15, 0.2) is 48.8 Å². The molecule has 1 aromatic heterocycles. The van der Waals surface area contributed by atoms with Gasteiger partial charge in [-0.05, 0) is 80.9 Å². The molecule has 2 heteroatoms. The summed E-state index contributed by atoms with van der Waals surface area (Å²) in [6.45, 7) is 7.02. The lowest BCUT2D eigenvalue weighted by Crippen LogP contribution is -2.21. The van der Waals surface area contributed by atoms with Crippen LogP contribution in [0.4, 0.5) is 0 Å². The molecule has 0 aliphatic rings. The Kier molecular flexibility index (Phi) is 7.97. The first-order chi connectivity index (χ1) is 11.6. The zero-order valence-corrected chi connectivity index (χ0v) is 15.5. The van der Waals surface area contributed by atoms with E-state index in [2.05, 4.69) is 61.1 Å². The zero-order valence-electron chi connectivity index (χ0n) is 15.5. The van der Waals surface area contributed by atoms with Crippen LogP contribution in [0.1, 0.15) is 49.8 Å². The molecule has 130 valence electrons. The summed E-state index contributed by atoms with van der Waals surface area (Å²) in [6, 6.07) is 13.2. The SMILES string of the molecule is CC(C)CCCN(C)CCCc1ccc(Cc2cccnc2)cc1. The maximum Gasteiger partial charge on any atom is 0.0303 e. The van der Waals surface area contributed by atoms with Crippen LogP contribution in [0, 0.1) is 5.92 Å². The number of aryl methyl sites for hydroxylation is 1. The predicted molar refractivity (Wildman–Crippen MR) is 103 cm³/mol. The first-order valence-corrected chi connectivity index (χ1v) is 9.29. The van der Waals surface area contributed by atoms with E-state index in [0.717, 1.165) is 12.3 Å². The summed E-state index contributed by atoms with van der Waals surface area (Å²) in [6.07, 6.45) is 9.80. The lowest BCUT2D eigenvalue weighted by atomic mass is 10.0. The van der Waals surface area contributed by atoms with Gasteiger partial charge in [0.15, 0.2) is 0 Å². The van der Waals surface area contributed by atoms with Gasteiger partial charge in [-0.1, -0.05) is 44.2 Å². The Morgan fingerprint density at radius 3 is 2.29 bits per heavy atom. The van der Waals surface area contributed by atoms with Crippen molar-refractivity contribution in [1.29, 1.82) is 0 Å². The Hall–Kier alpha value is -1.67. The topological polar surface area (TPSA) is 16.1 Å². The highest BCUT2D eigenvalue weighted by Gasteiger charge is 2.01. The molecule has 0 saturated heterocycles. The minimum Gasteiger partial charge on any atom is -0.306 e. The number of hydrogen-bond donors (Lipinski definition) is 0. The molecule has 2 rings (SSSR count). The van der Waals surface area contributed by atoms with Gasteiger partial charge in [0.05, 0.1) is 0 Å². The highest BCUT2D eigenvalue weighted by atomic mass is 15.1. The molecule has 0 aliphatic carbocycles. The fourth-order valence-electron chi connectivity index (χ4n) is 3.00. The van der Waals surface area contributed by atoms with E-state index >= 15 is 0 Å². The van der Waals surface area contributed by atoms with Gasteiger partial charge in [-0.15, -0.1) is 0 Å². The molecule has 0 atom stereocenters. The summed E-state index contributed by atoms with van der Waals surface area (Å²) in [7, 11) is 2.25. The van der Waals surface area contributed by atoms with Gasteiger partial charge in [0.1, 0.15) is 0 Å². The van der Waals surface area contributed by atoms with Crippen molar-refractivity contribution in [1.82, 2.24) is 9.88 Å². The van der Waals surface area contributed by atoms with Gasteiger partial charge in [0, 0.05) is 12.4 Å². The van der Waals surface area contributed by atoms with Gasteiger partial charge < -0.3 is 4.90 Å². The number of pyridine rings is 1. The van der Waals surface area contributed by atoms with Gasteiger partial charge in [0.25, 0.3) is 0 Å². The van der Waals surface area contributed by atoms with Crippen LogP contribution in [-0.2, 0) is 12.8 Å². The Morgan fingerprint density at radius 2 is 1.62 bits per heavy atom. The number of rotatable bonds is 10. The second kappa shape index (κ2) is 10.2. The summed E-state index contributed by atoms with van der Waals surface area (Å²) in [5, 5.41) is 0. The summed E-state index contributed by atoms with van der Waals surface area (Å²) in [5.41, 5.74) is 4.08. The van der Waals surface area contributed by atoms with Gasteiger partial charge in [-0.2, -0.15) is 0 Å². The summed E-state index contributed by atoms with van der Waals surface area (Å²) >= 11 is 0. The fraction of sp³-hybridized carbons (Fsp3) is 0.500. The monoisotopic (exact) mass is 324 g/mol. The minimum absolute atomic E-state index is 0.823. The molecule has 0 unspecified atom stereocenters. The largest absolute Gasteiger partial charge is 0.306 e. The number of nitrogens with zero attached hydrogens (tertiary/aromatic N) is 2. The van der Waals surface area contributed by atoms with Gasteiger partial charge in [0.2, 0.25) is 0 Å². The molecule has 1 aromatic carbocycles. The average molecular weight is 325 g/mol. The van der Waals surface area contributed by atoms with Crippen molar-refractivity contribution in [3.8, 4) is 0 Å². The molecular formula is C22H32N2. The van der Waals surface area contributed by atoms with Crippen LogP contribution < -0.4 is 0 Å². The first-order valence-electron chi connectivity index (χ1n) is 9.29. The Bertz CT molecular complexity index is 560. The van der Waals surface area contributed by atoms with Crippen LogP contribution in [0.25, 0.3) is 0 Å². The van der Waals surface area contributed by atoms with Gasteiger partial charge in [-0.25, -0.2) is 0 Å². The molecule has 24 heavy (non-hydrogen) atoms. The zero-order chi connectivity index (χ0) is 17.2. The molecule has 0 fully saturated rings. The normalized spacial score (nSPS) is 11.4. The molecule has 0 amide bonds. The summed E-state index contributed by atoms with van der Waals surface area (Å²) in [4.78, 5) is 6.65. The Labute approximate surface area is 147 Å². The second-order valence-corrected chi connectivity index (χ2v) is 7.30. The maximum absolute atomic E-state index is 4.18. The summed E-state index contributed by atoms with van der Waals surface area (Å²) < 4.78 is 0. The molecule has 0 aliphatic heterocycles. The van der Waals surface area contributed by atoms with Crippen molar-refractivity contribution in [2.45, 2.75) is 46.0 Å². The average Bonchev–Trinajstić information content (AvgIpc) is 2.57. The van der Waals surface area contributed by atoms with Crippen molar-refractivity contribution in [3.05, 3.63) is 65.5 Å². The van der Waals surface area contributed by atoms with Gasteiger partial charge >= 0.3 is 0 Å². The highest BCUT2D eigenvalue weighted by molar-refractivity contribution is 5.27. The van der Waals surface area contributed by atoms with Crippen LogP contribution in [0.3, 0.4) is 0 Å². The van der Waals surface area contributed by atoms with Gasteiger partial charge in [-0.3, -0.25) is 4.98 Å². The molecule has 0 spiro atoms.